The second-order valence-electron chi connectivity index (χ2n) is 6.92. The molecule has 0 N–H and O–H groups in total. The SMILES string of the molecule is N#Cc1ccc2c(ccn2C2CCN(CCc3ccccc3)CC2)c1. The number of aromatic nitrogens is 1. The fourth-order valence-corrected chi connectivity index (χ4v) is 3.91. The number of hydrogen-bond acceptors (Lipinski definition) is 2. The number of piperidine rings is 1. The predicted octanol–water partition coefficient (Wildman–Crippen LogP) is 4.39. The van der Waals surface area contributed by atoms with Crippen LogP contribution < -0.4 is 0 Å². The van der Waals surface area contributed by atoms with Crippen LogP contribution in [0.4, 0.5) is 0 Å². The maximum absolute atomic E-state index is 9.05. The van der Waals surface area contributed by atoms with Gasteiger partial charge in [-0.25, -0.2) is 0 Å². The zero-order valence-electron chi connectivity index (χ0n) is 14.4. The highest BCUT2D eigenvalue weighted by molar-refractivity contribution is 5.81. The fourth-order valence-electron chi connectivity index (χ4n) is 3.91. The van der Waals surface area contributed by atoms with E-state index in [0.717, 1.165) is 31.6 Å². The van der Waals surface area contributed by atoms with Crippen molar-refractivity contribution in [1.29, 1.82) is 5.26 Å². The number of nitriles is 1. The smallest absolute Gasteiger partial charge is 0.0991 e. The number of rotatable bonds is 4. The molecule has 0 bridgehead atoms. The number of nitrogens with zero attached hydrogens (tertiary/aromatic N) is 3. The summed E-state index contributed by atoms with van der Waals surface area (Å²) >= 11 is 0. The van der Waals surface area contributed by atoms with Gasteiger partial charge in [0.15, 0.2) is 0 Å². The van der Waals surface area contributed by atoms with E-state index in [0.29, 0.717) is 6.04 Å². The summed E-state index contributed by atoms with van der Waals surface area (Å²) in [5.74, 6) is 0. The molecule has 0 spiro atoms. The van der Waals surface area contributed by atoms with Crippen molar-refractivity contribution in [3.05, 3.63) is 71.9 Å². The van der Waals surface area contributed by atoms with Gasteiger partial charge >= 0.3 is 0 Å². The molecule has 0 amide bonds. The average molecular weight is 329 g/mol. The number of benzene rings is 2. The van der Waals surface area contributed by atoms with Crippen molar-refractivity contribution in [2.75, 3.05) is 19.6 Å². The lowest BCUT2D eigenvalue weighted by molar-refractivity contribution is 0.190. The van der Waals surface area contributed by atoms with Crippen molar-refractivity contribution >= 4 is 10.9 Å². The number of fused-ring (bicyclic) bond motifs is 1. The molecule has 0 unspecified atom stereocenters. The predicted molar refractivity (Wildman–Crippen MR) is 102 cm³/mol. The maximum atomic E-state index is 9.05. The van der Waals surface area contributed by atoms with Crippen LogP contribution in [0.15, 0.2) is 60.8 Å². The van der Waals surface area contributed by atoms with Crippen LogP contribution in [0, 0.1) is 11.3 Å². The first-order valence-electron chi connectivity index (χ1n) is 9.10. The molecule has 1 aliphatic rings. The van der Waals surface area contributed by atoms with Crippen molar-refractivity contribution in [1.82, 2.24) is 9.47 Å². The molecule has 2 aromatic carbocycles. The first kappa shape index (κ1) is 15.9. The van der Waals surface area contributed by atoms with Crippen molar-refractivity contribution in [3.8, 4) is 6.07 Å². The summed E-state index contributed by atoms with van der Waals surface area (Å²) in [4.78, 5) is 2.59. The number of hydrogen-bond donors (Lipinski definition) is 0. The van der Waals surface area contributed by atoms with E-state index < -0.39 is 0 Å². The largest absolute Gasteiger partial charge is 0.344 e. The molecular formula is C22H23N3. The summed E-state index contributed by atoms with van der Waals surface area (Å²) in [7, 11) is 0. The van der Waals surface area contributed by atoms with Crippen LogP contribution in [-0.2, 0) is 6.42 Å². The zero-order chi connectivity index (χ0) is 17.1. The standard InChI is InChI=1S/C22H23N3/c23-17-19-6-7-22-20(16-19)9-15-25(22)21-10-13-24(14-11-21)12-8-18-4-2-1-3-5-18/h1-7,9,15-16,21H,8,10-14H2. The van der Waals surface area contributed by atoms with Crippen LogP contribution in [0.25, 0.3) is 10.9 Å². The van der Waals surface area contributed by atoms with E-state index in [2.05, 4.69) is 64.2 Å². The molecule has 3 nitrogen and oxygen atoms in total. The minimum atomic E-state index is 0.568. The molecule has 2 heterocycles. The first-order valence-corrected chi connectivity index (χ1v) is 9.10. The van der Waals surface area contributed by atoms with Crippen molar-refractivity contribution in [3.63, 3.8) is 0 Å². The molecule has 1 aliphatic heterocycles. The lowest BCUT2D eigenvalue weighted by Crippen LogP contribution is -2.35. The lowest BCUT2D eigenvalue weighted by atomic mass is 10.0. The van der Waals surface area contributed by atoms with Gasteiger partial charge in [-0.2, -0.15) is 5.26 Å². The summed E-state index contributed by atoms with van der Waals surface area (Å²) in [6.45, 7) is 3.47. The van der Waals surface area contributed by atoms with Gasteiger partial charge in [-0.3, -0.25) is 0 Å². The molecule has 0 atom stereocenters. The highest BCUT2D eigenvalue weighted by Crippen LogP contribution is 2.28. The Morgan fingerprint density at radius 2 is 1.80 bits per heavy atom. The quantitative estimate of drug-likeness (QED) is 0.711. The minimum absolute atomic E-state index is 0.568. The van der Waals surface area contributed by atoms with Gasteiger partial charge < -0.3 is 9.47 Å². The normalized spacial score (nSPS) is 16.1. The Labute approximate surface area is 149 Å². The summed E-state index contributed by atoms with van der Waals surface area (Å²) < 4.78 is 2.41. The molecule has 4 rings (SSSR count). The fraction of sp³-hybridized carbons (Fsp3) is 0.318. The third-order valence-corrected chi connectivity index (χ3v) is 5.36. The van der Waals surface area contributed by atoms with E-state index in [1.54, 1.807) is 0 Å². The van der Waals surface area contributed by atoms with Crippen LogP contribution in [0.1, 0.15) is 30.0 Å². The molecule has 0 radical (unpaired) electrons. The van der Waals surface area contributed by atoms with Gasteiger partial charge in [0.2, 0.25) is 0 Å². The Balaban J connectivity index is 1.38. The Hall–Kier alpha value is -2.57. The molecule has 1 fully saturated rings. The Morgan fingerprint density at radius 1 is 1.00 bits per heavy atom. The van der Waals surface area contributed by atoms with Crippen LogP contribution >= 0.6 is 0 Å². The lowest BCUT2D eigenvalue weighted by Gasteiger charge is -2.33. The Bertz CT molecular complexity index is 881. The van der Waals surface area contributed by atoms with Gasteiger partial charge in [0.1, 0.15) is 0 Å². The van der Waals surface area contributed by atoms with Gasteiger partial charge in [-0.15, -0.1) is 0 Å². The minimum Gasteiger partial charge on any atom is -0.344 e. The van der Waals surface area contributed by atoms with Gasteiger partial charge in [0.05, 0.1) is 11.6 Å². The van der Waals surface area contributed by atoms with E-state index in [-0.39, 0.29) is 0 Å². The molecule has 0 saturated carbocycles. The Morgan fingerprint density at radius 3 is 2.56 bits per heavy atom. The van der Waals surface area contributed by atoms with E-state index in [4.69, 9.17) is 5.26 Å². The molecule has 1 saturated heterocycles. The van der Waals surface area contributed by atoms with E-state index in [1.807, 2.05) is 12.1 Å². The second-order valence-corrected chi connectivity index (χ2v) is 6.92. The summed E-state index contributed by atoms with van der Waals surface area (Å²) in [6.07, 6.45) is 5.71. The molecule has 0 aliphatic carbocycles. The third-order valence-electron chi connectivity index (χ3n) is 5.36. The molecule has 126 valence electrons. The number of likely N-dealkylation sites (tertiary alicyclic amines) is 1. The topological polar surface area (TPSA) is 32.0 Å². The Kier molecular flexibility index (Phi) is 4.54. The van der Waals surface area contributed by atoms with Crippen LogP contribution in [0.5, 0.6) is 0 Å². The third kappa shape index (κ3) is 3.45. The van der Waals surface area contributed by atoms with Crippen LogP contribution in [0.2, 0.25) is 0 Å². The summed E-state index contributed by atoms with van der Waals surface area (Å²) in [5, 5.41) is 10.2. The highest BCUT2D eigenvalue weighted by Gasteiger charge is 2.21. The molecular weight excluding hydrogens is 306 g/mol. The molecule has 25 heavy (non-hydrogen) atoms. The second kappa shape index (κ2) is 7.13. The average Bonchev–Trinajstić information content (AvgIpc) is 3.10. The molecule has 3 heteroatoms. The zero-order valence-corrected chi connectivity index (χ0v) is 14.4. The van der Waals surface area contributed by atoms with Crippen LogP contribution in [-0.4, -0.2) is 29.1 Å². The van der Waals surface area contributed by atoms with E-state index in [1.165, 1.54) is 29.3 Å². The monoisotopic (exact) mass is 329 g/mol. The molecule has 3 aromatic rings. The maximum Gasteiger partial charge on any atom is 0.0991 e. The summed E-state index contributed by atoms with van der Waals surface area (Å²) in [6, 6.07) is 21.7. The van der Waals surface area contributed by atoms with Gasteiger partial charge in [0.25, 0.3) is 0 Å². The van der Waals surface area contributed by atoms with Gasteiger partial charge in [0, 0.05) is 42.8 Å². The summed E-state index contributed by atoms with van der Waals surface area (Å²) in [5.41, 5.74) is 3.41. The highest BCUT2D eigenvalue weighted by atomic mass is 15.1. The molecule has 1 aromatic heterocycles. The van der Waals surface area contributed by atoms with E-state index >= 15 is 0 Å². The van der Waals surface area contributed by atoms with Crippen molar-refractivity contribution < 1.29 is 0 Å². The van der Waals surface area contributed by atoms with Crippen molar-refractivity contribution in [2.45, 2.75) is 25.3 Å². The van der Waals surface area contributed by atoms with E-state index in [9.17, 15) is 0 Å². The van der Waals surface area contributed by atoms with Gasteiger partial charge in [-0.1, -0.05) is 30.3 Å². The van der Waals surface area contributed by atoms with Crippen molar-refractivity contribution in [2.24, 2.45) is 0 Å². The first-order chi connectivity index (χ1) is 12.3. The van der Waals surface area contributed by atoms with Gasteiger partial charge in [-0.05, 0) is 49.1 Å². The van der Waals surface area contributed by atoms with Crippen LogP contribution in [0.3, 0.4) is 0 Å².